The van der Waals surface area contributed by atoms with E-state index in [0.717, 1.165) is 11.3 Å². The van der Waals surface area contributed by atoms with E-state index in [2.05, 4.69) is 19.2 Å². The maximum Gasteiger partial charge on any atom is 0.337 e. The van der Waals surface area contributed by atoms with Crippen molar-refractivity contribution in [2.75, 3.05) is 26.8 Å². The zero-order valence-electron chi connectivity index (χ0n) is 18.4. The molecule has 0 bridgehead atoms. The number of esters is 1. The minimum Gasteiger partial charge on any atom is -0.494 e. The highest BCUT2D eigenvalue weighted by Gasteiger charge is 2.48. The van der Waals surface area contributed by atoms with Crippen molar-refractivity contribution in [1.29, 1.82) is 0 Å². The van der Waals surface area contributed by atoms with Gasteiger partial charge in [0.05, 0.1) is 19.3 Å². The van der Waals surface area contributed by atoms with Crippen LogP contribution in [0.1, 0.15) is 45.1 Å². The Bertz CT molecular complexity index is 1000. The van der Waals surface area contributed by atoms with Crippen LogP contribution in [0.4, 0.5) is 0 Å². The first-order valence-electron chi connectivity index (χ1n) is 10.6. The fraction of sp³-hybridized carbons (Fsp3) is 0.458. The van der Waals surface area contributed by atoms with Crippen LogP contribution in [0.3, 0.4) is 0 Å². The minimum absolute atomic E-state index is 0.0107. The number of fused-ring (bicyclic) bond motifs is 2. The lowest BCUT2D eigenvalue weighted by atomic mass is 9.68. The lowest BCUT2D eigenvalue weighted by Gasteiger charge is -2.46. The van der Waals surface area contributed by atoms with Crippen LogP contribution in [0.15, 0.2) is 46.8 Å². The van der Waals surface area contributed by atoms with E-state index in [0.29, 0.717) is 49.6 Å². The molecule has 1 saturated heterocycles. The van der Waals surface area contributed by atoms with Crippen molar-refractivity contribution in [3.63, 3.8) is 0 Å². The number of carbonyl (C=O) groups excluding carboxylic acids is 3. The molecule has 1 aliphatic carbocycles. The second-order valence-corrected chi connectivity index (χ2v) is 8.90. The fourth-order valence-electron chi connectivity index (χ4n) is 4.87. The van der Waals surface area contributed by atoms with Crippen molar-refractivity contribution < 1.29 is 23.9 Å². The van der Waals surface area contributed by atoms with Crippen molar-refractivity contribution in [2.24, 2.45) is 5.41 Å². The summed E-state index contributed by atoms with van der Waals surface area (Å²) in [6.07, 6.45) is 1.05. The highest BCUT2D eigenvalue weighted by atomic mass is 16.5. The maximum absolute atomic E-state index is 13.4. The number of rotatable bonds is 4. The predicted octanol–water partition coefficient (Wildman–Crippen LogP) is 2.68. The van der Waals surface area contributed by atoms with E-state index in [9.17, 15) is 14.4 Å². The molecule has 1 amide bonds. The Balaban J connectivity index is 1.95. The molecule has 0 spiro atoms. The molecule has 1 unspecified atom stereocenters. The lowest BCUT2D eigenvalue weighted by Crippen LogP contribution is -2.51. The zero-order valence-corrected chi connectivity index (χ0v) is 18.4. The van der Waals surface area contributed by atoms with E-state index >= 15 is 0 Å². The molecule has 7 heteroatoms. The second-order valence-electron chi connectivity index (χ2n) is 8.90. The van der Waals surface area contributed by atoms with Crippen LogP contribution in [-0.2, 0) is 19.1 Å². The smallest absolute Gasteiger partial charge is 0.337 e. The molecule has 0 aromatic heterocycles. The van der Waals surface area contributed by atoms with Crippen LogP contribution in [-0.4, -0.2) is 49.4 Å². The molecule has 1 N–H and O–H groups in total. The number of ether oxygens (including phenoxy) is 2. The molecule has 1 fully saturated rings. The first-order chi connectivity index (χ1) is 14.8. The van der Waals surface area contributed by atoms with E-state index in [-0.39, 0.29) is 22.7 Å². The number of Topliss-reactive ketones (excluding diaryl/α,β-unsaturated/α-hetero) is 1. The van der Waals surface area contributed by atoms with Crippen molar-refractivity contribution in [3.05, 3.63) is 52.4 Å². The van der Waals surface area contributed by atoms with E-state index in [4.69, 9.17) is 9.47 Å². The molecule has 0 radical (unpaired) electrons. The first kappa shape index (κ1) is 21.2. The van der Waals surface area contributed by atoms with Crippen molar-refractivity contribution in [3.8, 4) is 5.75 Å². The highest BCUT2D eigenvalue weighted by Crippen LogP contribution is 2.50. The number of carbonyl (C=O) groups is 3. The van der Waals surface area contributed by atoms with Crippen LogP contribution >= 0.6 is 0 Å². The van der Waals surface area contributed by atoms with Gasteiger partial charge in [-0.2, -0.15) is 0 Å². The third-order valence-corrected chi connectivity index (χ3v) is 6.09. The summed E-state index contributed by atoms with van der Waals surface area (Å²) in [6, 6.07) is 7.35. The fourth-order valence-corrected chi connectivity index (χ4v) is 4.87. The Morgan fingerprint density at radius 1 is 1.19 bits per heavy atom. The van der Waals surface area contributed by atoms with Crippen LogP contribution in [0.5, 0.6) is 5.75 Å². The Hall–Kier alpha value is -3.09. The Morgan fingerprint density at radius 2 is 1.90 bits per heavy atom. The molecular formula is C24H28N2O5. The number of allylic oxidation sites excluding steroid dienone is 2. The van der Waals surface area contributed by atoms with Gasteiger partial charge in [-0.1, -0.05) is 26.0 Å². The van der Waals surface area contributed by atoms with Gasteiger partial charge in [-0.25, -0.2) is 4.79 Å². The van der Waals surface area contributed by atoms with Crippen molar-refractivity contribution >= 4 is 17.7 Å². The van der Waals surface area contributed by atoms with Gasteiger partial charge in [-0.3, -0.25) is 9.59 Å². The van der Waals surface area contributed by atoms with Gasteiger partial charge in [0.1, 0.15) is 11.4 Å². The van der Waals surface area contributed by atoms with E-state index < -0.39 is 11.9 Å². The van der Waals surface area contributed by atoms with Crippen LogP contribution < -0.4 is 10.1 Å². The molecule has 3 aliphatic rings. The number of methoxy groups -OCH3 is 1. The average molecular weight is 424 g/mol. The van der Waals surface area contributed by atoms with Crippen molar-refractivity contribution in [2.45, 2.75) is 39.5 Å². The number of nitrogens with zero attached hydrogens (tertiary/aromatic N) is 1. The molecule has 4 rings (SSSR count). The Labute approximate surface area is 182 Å². The number of nitrogens with one attached hydrogen (secondary N) is 1. The van der Waals surface area contributed by atoms with Crippen molar-refractivity contribution in [1.82, 2.24) is 10.2 Å². The summed E-state index contributed by atoms with van der Waals surface area (Å²) < 4.78 is 10.6. The molecule has 31 heavy (non-hydrogen) atoms. The number of piperazine rings is 1. The van der Waals surface area contributed by atoms with Gasteiger partial charge < -0.3 is 19.7 Å². The molecule has 1 aromatic carbocycles. The van der Waals surface area contributed by atoms with Crippen LogP contribution in [0.25, 0.3) is 0 Å². The summed E-state index contributed by atoms with van der Waals surface area (Å²) >= 11 is 0. The molecule has 0 saturated carbocycles. The first-order valence-corrected chi connectivity index (χ1v) is 10.6. The number of hydrogen-bond acceptors (Lipinski definition) is 6. The number of amides is 1. The Morgan fingerprint density at radius 3 is 2.55 bits per heavy atom. The molecule has 2 heterocycles. The van der Waals surface area contributed by atoms with Gasteiger partial charge >= 0.3 is 5.97 Å². The van der Waals surface area contributed by atoms with Crippen LogP contribution in [0, 0.1) is 5.41 Å². The minimum atomic E-state index is -0.656. The topological polar surface area (TPSA) is 84.9 Å². The summed E-state index contributed by atoms with van der Waals surface area (Å²) in [6.45, 7) is 7.53. The standard InChI is InChI=1S/C24H28N2O5/c1-5-31-15-8-6-14(7-9-15)18-19-16(12-24(2,3)13-17(19)27)26-11-10-25-22(28)21(26)20(18)23(29)30-4/h6-9,18H,5,10-13H2,1-4H3,(H,25,28). The van der Waals surface area contributed by atoms with Gasteiger partial charge in [0.15, 0.2) is 5.78 Å². The molecule has 1 atom stereocenters. The highest BCUT2D eigenvalue weighted by molar-refractivity contribution is 6.09. The molecule has 7 nitrogen and oxygen atoms in total. The summed E-state index contributed by atoms with van der Waals surface area (Å²) in [5.41, 5.74) is 2.49. The zero-order chi connectivity index (χ0) is 22.3. The second kappa shape index (κ2) is 7.87. The normalized spacial score (nSPS) is 22.6. The molecular weight excluding hydrogens is 396 g/mol. The summed E-state index contributed by atoms with van der Waals surface area (Å²) in [7, 11) is 1.30. The predicted molar refractivity (Wildman–Crippen MR) is 114 cm³/mol. The number of hydrogen-bond donors (Lipinski definition) is 1. The monoisotopic (exact) mass is 424 g/mol. The van der Waals surface area contributed by atoms with Gasteiger partial charge in [0, 0.05) is 36.7 Å². The van der Waals surface area contributed by atoms with Crippen LogP contribution in [0.2, 0.25) is 0 Å². The van der Waals surface area contributed by atoms with Gasteiger partial charge in [-0.15, -0.1) is 0 Å². The third kappa shape index (κ3) is 3.62. The largest absolute Gasteiger partial charge is 0.494 e. The lowest BCUT2D eigenvalue weighted by molar-refractivity contribution is -0.137. The molecule has 164 valence electrons. The Kier molecular flexibility index (Phi) is 5.37. The van der Waals surface area contributed by atoms with E-state index in [1.807, 2.05) is 36.1 Å². The average Bonchev–Trinajstić information content (AvgIpc) is 2.73. The number of ketones is 1. The molecule has 1 aromatic rings. The number of benzene rings is 1. The molecule has 2 aliphatic heterocycles. The summed E-state index contributed by atoms with van der Waals surface area (Å²) in [5.74, 6) is -0.852. The third-order valence-electron chi connectivity index (χ3n) is 6.09. The quantitative estimate of drug-likeness (QED) is 0.748. The SMILES string of the molecule is CCOc1ccc(C2C3=C(CC(C)(C)CC3=O)N3CCNC(=O)C3=C2C(=O)OC)cc1. The summed E-state index contributed by atoms with van der Waals surface area (Å²) in [4.78, 5) is 41.2. The van der Waals surface area contributed by atoms with Gasteiger partial charge in [-0.05, 0) is 36.5 Å². The van der Waals surface area contributed by atoms with E-state index in [1.165, 1.54) is 7.11 Å². The van der Waals surface area contributed by atoms with Gasteiger partial charge in [0.2, 0.25) is 0 Å². The van der Waals surface area contributed by atoms with Gasteiger partial charge in [0.25, 0.3) is 5.91 Å². The summed E-state index contributed by atoms with van der Waals surface area (Å²) in [5, 5.41) is 2.84. The van der Waals surface area contributed by atoms with E-state index in [1.54, 1.807) is 0 Å². The maximum atomic E-state index is 13.4.